The fraction of sp³-hybridized carbons (Fsp3) is 0.941. The van der Waals surface area contributed by atoms with Crippen LogP contribution in [0.1, 0.15) is 32.1 Å². The molecular formula is C17H30N2O2S. The van der Waals surface area contributed by atoms with E-state index in [1.165, 1.54) is 32.4 Å². The molecule has 1 spiro atoms. The van der Waals surface area contributed by atoms with Crippen LogP contribution in [0.5, 0.6) is 0 Å². The average molecular weight is 327 g/mol. The molecular weight excluding hydrogens is 296 g/mol. The highest BCUT2D eigenvalue weighted by atomic mass is 32.2. The number of aliphatic hydroxyl groups excluding tert-OH is 1. The Kier molecular flexibility index (Phi) is 5.35. The predicted molar refractivity (Wildman–Crippen MR) is 91.0 cm³/mol. The Morgan fingerprint density at radius 1 is 1.23 bits per heavy atom. The van der Waals surface area contributed by atoms with Crippen molar-refractivity contribution in [1.82, 2.24) is 9.80 Å². The molecule has 1 aliphatic carbocycles. The lowest BCUT2D eigenvalue weighted by Crippen LogP contribution is -2.54. The molecule has 1 N–H and O–H groups in total. The third-order valence-electron chi connectivity index (χ3n) is 6.08. The number of amides is 1. The van der Waals surface area contributed by atoms with Gasteiger partial charge in [-0.15, -0.1) is 0 Å². The second-order valence-corrected chi connectivity index (χ2v) is 8.37. The lowest BCUT2D eigenvalue weighted by molar-refractivity contribution is -0.132. The Balaban J connectivity index is 1.55. The zero-order valence-corrected chi connectivity index (χ0v) is 14.6. The van der Waals surface area contributed by atoms with Crippen molar-refractivity contribution in [3.63, 3.8) is 0 Å². The van der Waals surface area contributed by atoms with Crippen LogP contribution in [0.15, 0.2) is 0 Å². The minimum atomic E-state index is 0.283. The van der Waals surface area contributed by atoms with Crippen LogP contribution in [-0.2, 0) is 4.79 Å². The van der Waals surface area contributed by atoms with Gasteiger partial charge >= 0.3 is 0 Å². The van der Waals surface area contributed by atoms with Crippen molar-refractivity contribution in [3.05, 3.63) is 0 Å². The molecule has 3 rings (SSSR count). The average Bonchev–Trinajstić information content (AvgIpc) is 3.34. The Hall–Kier alpha value is -0.260. The largest absolute Gasteiger partial charge is 0.396 e. The lowest BCUT2D eigenvalue weighted by atomic mass is 9.64. The summed E-state index contributed by atoms with van der Waals surface area (Å²) >= 11 is 1.61. The van der Waals surface area contributed by atoms with Gasteiger partial charge in [-0.25, -0.2) is 0 Å². The van der Waals surface area contributed by atoms with E-state index in [1.807, 2.05) is 11.2 Å². The predicted octanol–water partition coefficient (Wildman–Crippen LogP) is 1.68. The molecule has 2 aliphatic heterocycles. The highest BCUT2D eigenvalue weighted by molar-refractivity contribution is 7.99. The van der Waals surface area contributed by atoms with Crippen LogP contribution < -0.4 is 0 Å². The summed E-state index contributed by atoms with van der Waals surface area (Å²) in [5.41, 5.74) is 0.283. The van der Waals surface area contributed by atoms with Gasteiger partial charge < -0.3 is 14.9 Å². The van der Waals surface area contributed by atoms with E-state index in [4.69, 9.17) is 0 Å². The molecule has 0 aromatic carbocycles. The van der Waals surface area contributed by atoms with Crippen molar-refractivity contribution in [2.24, 2.45) is 17.3 Å². The van der Waals surface area contributed by atoms with Gasteiger partial charge in [0.25, 0.3) is 0 Å². The second kappa shape index (κ2) is 7.10. The van der Waals surface area contributed by atoms with E-state index in [1.54, 1.807) is 11.8 Å². The second-order valence-electron chi connectivity index (χ2n) is 7.51. The molecule has 4 nitrogen and oxygen atoms in total. The van der Waals surface area contributed by atoms with Crippen LogP contribution in [0.25, 0.3) is 0 Å². The van der Waals surface area contributed by atoms with Crippen molar-refractivity contribution < 1.29 is 9.90 Å². The maximum atomic E-state index is 12.0. The number of piperidine rings is 2. The van der Waals surface area contributed by atoms with Gasteiger partial charge in [-0.2, -0.15) is 11.8 Å². The minimum Gasteiger partial charge on any atom is -0.396 e. The lowest BCUT2D eigenvalue weighted by Gasteiger charge is -2.51. The number of carbonyl (C=O) groups excluding carboxylic acids is 1. The SMILES string of the molecule is CSCC(=O)N1CCC2(CCN(CC3CC3)C[C@@H]2CO)CC1. The van der Waals surface area contributed by atoms with Crippen LogP contribution in [0.2, 0.25) is 0 Å². The maximum Gasteiger partial charge on any atom is 0.232 e. The molecule has 3 fully saturated rings. The number of carbonyl (C=O) groups is 1. The van der Waals surface area contributed by atoms with Gasteiger partial charge in [-0.3, -0.25) is 4.79 Å². The molecule has 0 unspecified atom stereocenters. The van der Waals surface area contributed by atoms with Gasteiger partial charge in [0.1, 0.15) is 0 Å². The van der Waals surface area contributed by atoms with E-state index in [9.17, 15) is 9.90 Å². The van der Waals surface area contributed by atoms with Crippen molar-refractivity contribution >= 4 is 17.7 Å². The van der Waals surface area contributed by atoms with Crippen molar-refractivity contribution in [3.8, 4) is 0 Å². The summed E-state index contributed by atoms with van der Waals surface area (Å²) in [6.45, 7) is 5.57. The normalized spacial score (nSPS) is 29.0. The monoisotopic (exact) mass is 326 g/mol. The summed E-state index contributed by atoms with van der Waals surface area (Å²) in [7, 11) is 0. The maximum absolute atomic E-state index is 12.0. The van der Waals surface area contributed by atoms with Crippen molar-refractivity contribution in [2.75, 3.05) is 51.3 Å². The number of hydrogen-bond acceptors (Lipinski definition) is 4. The Labute approximate surface area is 138 Å². The van der Waals surface area contributed by atoms with Gasteiger partial charge in [0.15, 0.2) is 0 Å². The van der Waals surface area contributed by atoms with Crippen molar-refractivity contribution in [2.45, 2.75) is 32.1 Å². The number of aliphatic hydroxyl groups is 1. The van der Waals surface area contributed by atoms with E-state index in [-0.39, 0.29) is 11.3 Å². The topological polar surface area (TPSA) is 43.8 Å². The smallest absolute Gasteiger partial charge is 0.232 e. The molecule has 5 heteroatoms. The first-order valence-electron chi connectivity index (χ1n) is 8.77. The third-order valence-corrected chi connectivity index (χ3v) is 6.62. The molecule has 2 saturated heterocycles. The Morgan fingerprint density at radius 2 is 1.91 bits per heavy atom. The van der Waals surface area contributed by atoms with Crippen LogP contribution in [-0.4, -0.2) is 72.2 Å². The van der Waals surface area contributed by atoms with Crippen LogP contribution in [0.3, 0.4) is 0 Å². The summed E-state index contributed by atoms with van der Waals surface area (Å²) in [5, 5.41) is 9.92. The van der Waals surface area contributed by atoms with Crippen LogP contribution in [0.4, 0.5) is 0 Å². The highest BCUT2D eigenvalue weighted by Gasteiger charge is 2.45. The molecule has 0 bridgehead atoms. The van der Waals surface area contributed by atoms with E-state index >= 15 is 0 Å². The van der Waals surface area contributed by atoms with Crippen molar-refractivity contribution in [1.29, 1.82) is 0 Å². The first-order chi connectivity index (χ1) is 10.7. The van der Waals surface area contributed by atoms with Gasteiger partial charge in [0, 0.05) is 38.7 Å². The van der Waals surface area contributed by atoms with Gasteiger partial charge in [-0.05, 0) is 56.2 Å². The molecule has 3 aliphatic rings. The molecule has 2 heterocycles. The zero-order valence-electron chi connectivity index (χ0n) is 13.8. The number of thioether (sulfide) groups is 1. The fourth-order valence-electron chi connectivity index (χ4n) is 4.34. The molecule has 1 saturated carbocycles. The summed E-state index contributed by atoms with van der Waals surface area (Å²) < 4.78 is 0. The van der Waals surface area contributed by atoms with E-state index < -0.39 is 0 Å². The van der Waals surface area contributed by atoms with Gasteiger partial charge in [0.05, 0.1) is 5.75 Å². The molecule has 1 atom stereocenters. The van der Waals surface area contributed by atoms with Crippen LogP contribution >= 0.6 is 11.8 Å². The first kappa shape index (κ1) is 16.6. The minimum absolute atomic E-state index is 0.283. The fourth-order valence-corrected chi connectivity index (χ4v) is 4.77. The molecule has 0 aromatic rings. The van der Waals surface area contributed by atoms with E-state index in [2.05, 4.69) is 4.90 Å². The quantitative estimate of drug-likeness (QED) is 0.835. The standard InChI is InChI=1S/C17H30N2O2S/c1-22-13-16(21)19-8-5-17(6-9-19)4-7-18(10-14-2-3-14)11-15(17)12-20/h14-15,20H,2-13H2,1H3/t15-/m1/s1. The van der Waals surface area contributed by atoms with E-state index in [0.29, 0.717) is 18.3 Å². The number of rotatable bonds is 5. The molecule has 1 amide bonds. The Morgan fingerprint density at radius 3 is 2.50 bits per heavy atom. The molecule has 0 aromatic heterocycles. The summed E-state index contributed by atoms with van der Waals surface area (Å²) in [4.78, 5) is 16.7. The number of hydrogen-bond donors (Lipinski definition) is 1. The molecule has 126 valence electrons. The zero-order chi connectivity index (χ0) is 15.6. The summed E-state index contributed by atoms with van der Waals surface area (Å²) in [6.07, 6.45) is 8.15. The summed E-state index contributed by atoms with van der Waals surface area (Å²) in [6, 6.07) is 0. The Bertz CT molecular complexity index is 392. The number of nitrogens with zero attached hydrogens (tertiary/aromatic N) is 2. The highest BCUT2D eigenvalue weighted by Crippen LogP contribution is 2.45. The molecule has 0 radical (unpaired) electrons. The third kappa shape index (κ3) is 3.62. The van der Waals surface area contributed by atoms with Gasteiger partial charge in [-0.1, -0.05) is 0 Å². The van der Waals surface area contributed by atoms with Crippen LogP contribution in [0, 0.1) is 17.3 Å². The molecule has 22 heavy (non-hydrogen) atoms. The summed E-state index contributed by atoms with van der Waals surface area (Å²) in [5.74, 6) is 2.22. The number of likely N-dealkylation sites (tertiary alicyclic amines) is 2. The van der Waals surface area contributed by atoms with E-state index in [0.717, 1.165) is 38.4 Å². The van der Waals surface area contributed by atoms with Gasteiger partial charge in [0.2, 0.25) is 5.91 Å². The first-order valence-corrected chi connectivity index (χ1v) is 10.2.